The molecule has 2 bridgehead atoms. The van der Waals surface area contributed by atoms with Gasteiger partial charge >= 0.3 is 5.97 Å². The first-order chi connectivity index (χ1) is 9.11. The standard InChI is InChI=1S/C14H20N2O2S/c1-8-7-19-13(14(17)18-2)12(8)16-10-3-4-11(16)6-9(15)5-10/h7,9-11H,3-6,15H2,1-2H3. The second-order valence-electron chi connectivity index (χ2n) is 5.61. The second kappa shape index (κ2) is 4.80. The van der Waals surface area contributed by atoms with Gasteiger partial charge in [0.2, 0.25) is 0 Å². The highest BCUT2D eigenvalue weighted by atomic mass is 32.1. The molecule has 2 N–H and O–H groups in total. The molecular weight excluding hydrogens is 260 g/mol. The average molecular weight is 280 g/mol. The maximum Gasteiger partial charge on any atom is 0.350 e. The predicted molar refractivity (Wildman–Crippen MR) is 76.9 cm³/mol. The van der Waals surface area contributed by atoms with Gasteiger partial charge in [0.05, 0.1) is 12.8 Å². The van der Waals surface area contributed by atoms with E-state index in [1.54, 1.807) is 0 Å². The van der Waals surface area contributed by atoms with Crippen LogP contribution < -0.4 is 10.6 Å². The Kier molecular flexibility index (Phi) is 3.27. The Morgan fingerprint density at radius 2 is 2.05 bits per heavy atom. The quantitative estimate of drug-likeness (QED) is 0.845. The third-order valence-corrected chi connectivity index (χ3v) is 5.41. The third-order valence-electron chi connectivity index (χ3n) is 4.34. The van der Waals surface area contributed by atoms with E-state index in [1.165, 1.54) is 36.9 Å². The lowest BCUT2D eigenvalue weighted by molar-refractivity contribution is 0.0606. The van der Waals surface area contributed by atoms with Crippen molar-refractivity contribution in [3.63, 3.8) is 0 Å². The van der Waals surface area contributed by atoms with Crippen molar-refractivity contribution < 1.29 is 9.53 Å². The molecule has 0 aliphatic carbocycles. The topological polar surface area (TPSA) is 55.6 Å². The van der Waals surface area contributed by atoms with Crippen molar-refractivity contribution in [2.75, 3.05) is 12.0 Å². The van der Waals surface area contributed by atoms with Gasteiger partial charge in [0.15, 0.2) is 0 Å². The SMILES string of the molecule is COC(=O)c1scc(C)c1N1C2CCC1CC(N)C2. The summed E-state index contributed by atoms with van der Waals surface area (Å²) in [5.41, 5.74) is 8.39. The molecule has 4 nitrogen and oxygen atoms in total. The Labute approximate surface area is 117 Å². The number of carbonyl (C=O) groups is 1. The van der Waals surface area contributed by atoms with Crippen molar-refractivity contribution in [2.45, 2.75) is 50.7 Å². The van der Waals surface area contributed by atoms with E-state index in [0.717, 1.165) is 23.4 Å². The minimum absolute atomic E-state index is 0.220. The number of methoxy groups -OCH3 is 1. The Morgan fingerprint density at radius 1 is 1.42 bits per heavy atom. The van der Waals surface area contributed by atoms with Crippen LogP contribution >= 0.6 is 11.3 Å². The van der Waals surface area contributed by atoms with E-state index in [1.807, 2.05) is 0 Å². The molecule has 19 heavy (non-hydrogen) atoms. The minimum Gasteiger partial charge on any atom is -0.465 e. The zero-order valence-electron chi connectivity index (χ0n) is 11.4. The van der Waals surface area contributed by atoms with Gasteiger partial charge in [0.25, 0.3) is 0 Å². The van der Waals surface area contributed by atoms with Crippen molar-refractivity contribution in [1.29, 1.82) is 0 Å². The van der Waals surface area contributed by atoms with Crippen molar-refractivity contribution in [2.24, 2.45) is 5.73 Å². The summed E-state index contributed by atoms with van der Waals surface area (Å²) in [5.74, 6) is -0.220. The fraction of sp³-hybridized carbons (Fsp3) is 0.643. The van der Waals surface area contributed by atoms with Gasteiger partial charge in [-0.1, -0.05) is 0 Å². The van der Waals surface area contributed by atoms with E-state index in [2.05, 4.69) is 17.2 Å². The lowest BCUT2D eigenvalue weighted by atomic mass is 9.97. The van der Waals surface area contributed by atoms with Crippen LogP contribution in [-0.4, -0.2) is 31.2 Å². The van der Waals surface area contributed by atoms with Crippen molar-refractivity contribution in [3.8, 4) is 0 Å². The average Bonchev–Trinajstić information content (AvgIpc) is 2.87. The molecule has 3 heterocycles. The molecule has 2 saturated heterocycles. The van der Waals surface area contributed by atoms with E-state index >= 15 is 0 Å². The number of nitrogens with zero attached hydrogens (tertiary/aromatic N) is 1. The lowest BCUT2D eigenvalue weighted by Gasteiger charge is -2.40. The zero-order valence-corrected chi connectivity index (χ0v) is 12.2. The van der Waals surface area contributed by atoms with Gasteiger partial charge in [-0.2, -0.15) is 0 Å². The largest absolute Gasteiger partial charge is 0.465 e. The molecule has 3 rings (SSSR count). The molecule has 2 fully saturated rings. The molecule has 2 aliphatic heterocycles. The molecule has 104 valence electrons. The Morgan fingerprint density at radius 3 is 2.63 bits per heavy atom. The fourth-order valence-electron chi connectivity index (χ4n) is 3.58. The van der Waals surface area contributed by atoms with Gasteiger partial charge < -0.3 is 15.4 Å². The van der Waals surface area contributed by atoms with Crippen molar-refractivity contribution in [3.05, 3.63) is 15.8 Å². The minimum atomic E-state index is -0.220. The van der Waals surface area contributed by atoms with E-state index in [9.17, 15) is 4.79 Å². The molecular formula is C14H20N2O2S. The summed E-state index contributed by atoms with van der Waals surface area (Å²) in [6.45, 7) is 2.08. The molecule has 2 aliphatic rings. The van der Waals surface area contributed by atoms with Crippen molar-refractivity contribution in [1.82, 2.24) is 0 Å². The summed E-state index contributed by atoms with van der Waals surface area (Å²) in [5, 5.41) is 2.05. The Bertz CT molecular complexity index is 486. The summed E-state index contributed by atoms with van der Waals surface area (Å²) in [7, 11) is 1.45. The van der Waals surface area contributed by atoms with Crippen LogP contribution in [0.3, 0.4) is 0 Å². The van der Waals surface area contributed by atoms with E-state index < -0.39 is 0 Å². The first kappa shape index (κ1) is 12.9. The number of fused-ring (bicyclic) bond motifs is 2. The van der Waals surface area contributed by atoms with Crippen LogP contribution in [0.2, 0.25) is 0 Å². The van der Waals surface area contributed by atoms with Gasteiger partial charge in [-0.25, -0.2) is 4.79 Å². The number of thiophene rings is 1. The first-order valence-electron chi connectivity index (χ1n) is 6.82. The number of esters is 1. The highest BCUT2D eigenvalue weighted by Crippen LogP contribution is 2.43. The second-order valence-corrected chi connectivity index (χ2v) is 6.49. The molecule has 0 spiro atoms. The predicted octanol–water partition coefficient (Wildman–Crippen LogP) is 2.30. The fourth-order valence-corrected chi connectivity index (χ4v) is 4.54. The zero-order chi connectivity index (χ0) is 13.6. The smallest absolute Gasteiger partial charge is 0.350 e. The van der Waals surface area contributed by atoms with Crippen LogP contribution in [-0.2, 0) is 4.74 Å². The van der Waals surface area contributed by atoms with Crippen LogP contribution in [0.4, 0.5) is 5.69 Å². The van der Waals surface area contributed by atoms with E-state index in [0.29, 0.717) is 18.1 Å². The van der Waals surface area contributed by atoms with Crippen molar-refractivity contribution >= 4 is 23.0 Å². The summed E-state index contributed by atoms with van der Waals surface area (Å²) >= 11 is 1.49. The number of piperidine rings is 1. The summed E-state index contributed by atoms with van der Waals surface area (Å²) in [6, 6.07) is 1.30. The van der Waals surface area contributed by atoms with Gasteiger partial charge in [0.1, 0.15) is 4.88 Å². The highest BCUT2D eigenvalue weighted by Gasteiger charge is 2.42. The molecule has 2 atom stereocenters. The van der Waals surface area contributed by atoms with Crippen LogP contribution in [0.1, 0.15) is 40.9 Å². The highest BCUT2D eigenvalue weighted by molar-refractivity contribution is 7.12. The van der Waals surface area contributed by atoms with Gasteiger partial charge in [0, 0.05) is 18.1 Å². The molecule has 0 amide bonds. The summed E-state index contributed by atoms with van der Waals surface area (Å²) in [4.78, 5) is 15.1. The van der Waals surface area contributed by atoms with Crippen LogP contribution in [0, 0.1) is 6.92 Å². The molecule has 0 aromatic carbocycles. The third kappa shape index (κ3) is 2.05. The number of anilines is 1. The first-order valence-corrected chi connectivity index (χ1v) is 7.70. The van der Waals surface area contributed by atoms with Gasteiger partial charge in [-0.3, -0.25) is 0 Å². The number of nitrogens with two attached hydrogens (primary N) is 1. The number of aryl methyl sites for hydroxylation is 1. The Balaban J connectivity index is 1.99. The van der Waals surface area contributed by atoms with Crippen LogP contribution in [0.15, 0.2) is 5.38 Å². The number of ether oxygens (including phenoxy) is 1. The molecule has 0 radical (unpaired) electrons. The van der Waals surface area contributed by atoms with Gasteiger partial charge in [-0.05, 0) is 43.6 Å². The van der Waals surface area contributed by atoms with Gasteiger partial charge in [-0.15, -0.1) is 11.3 Å². The van der Waals surface area contributed by atoms with E-state index in [4.69, 9.17) is 10.5 Å². The lowest BCUT2D eigenvalue weighted by Crippen LogP contribution is -2.48. The maximum atomic E-state index is 11.9. The monoisotopic (exact) mass is 280 g/mol. The maximum absolute atomic E-state index is 11.9. The Hall–Kier alpha value is -1.07. The number of hydrogen-bond donors (Lipinski definition) is 1. The molecule has 0 saturated carbocycles. The summed E-state index contributed by atoms with van der Waals surface area (Å²) < 4.78 is 4.91. The van der Waals surface area contributed by atoms with Crippen LogP contribution in [0.25, 0.3) is 0 Å². The molecule has 5 heteroatoms. The molecule has 1 aromatic heterocycles. The number of hydrogen-bond acceptors (Lipinski definition) is 5. The van der Waals surface area contributed by atoms with Crippen LogP contribution in [0.5, 0.6) is 0 Å². The number of carbonyl (C=O) groups excluding carboxylic acids is 1. The normalized spacial score (nSPS) is 29.6. The molecule has 2 unspecified atom stereocenters. The van der Waals surface area contributed by atoms with E-state index in [-0.39, 0.29) is 5.97 Å². The molecule has 1 aromatic rings. The number of rotatable bonds is 2. The summed E-state index contributed by atoms with van der Waals surface area (Å²) in [6.07, 6.45) is 4.45.